The molecular formula is C19H19FN2O3. The number of carbonyl (C=O) groups excluding carboxylic acids is 2. The van der Waals surface area contributed by atoms with Gasteiger partial charge in [0.2, 0.25) is 11.8 Å². The normalized spacial score (nSPS) is 11.9. The van der Waals surface area contributed by atoms with Gasteiger partial charge in [-0.2, -0.15) is 0 Å². The molecule has 0 radical (unpaired) electrons. The van der Waals surface area contributed by atoms with E-state index in [0.29, 0.717) is 5.56 Å². The fraction of sp³-hybridized carbons (Fsp3) is 0.158. The van der Waals surface area contributed by atoms with Crippen LogP contribution in [0.25, 0.3) is 6.08 Å². The van der Waals surface area contributed by atoms with E-state index in [0.717, 1.165) is 5.56 Å². The van der Waals surface area contributed by atoms with Crippen molar-refractivity contribution in [2.75, 3.05) is 13.1 Å². The Morgan fingerprint density at radius 3 is 2.56 bits per heavy atom. The average Bonchev–Trinajstić information content (AvgIpc) is 2.63. The minimum absolute atomic E-state index is 0.0714. The smallest absolute Gasteiger partial charge is 0.244 e. The van der Waals surface area contributed by atoms with Gasteiger partial charge in [-0.05, 0) is 29.3 Å². The highest BCUT2D eigenvalue weighted by atomic mass is 19.1. The number of aliphatic hydroxyl groups is 1. The summed E-state index contributed by atoms with van der Waals surface area (Å²) in [6.07, 6.45) is 1.96. The Kier molecular flexibility index (Phi) is 6.86. The van der Waals surface area contributed by atoms with Crippen LogP contribution in [0.2, 0.25) is 0 Å². The van der Waals surface area contributed by atoms with Gasteiger partial charge >= 0.3 is 0 Å². The van der Waals surface area contributed by atoms with E-state index in [1.165, 1.54) is 24.3 Å². The number of carbonyl (C=O) groups is 2. The highest BCUT2D eigenvalue weighted by Gasteiger charge is 2.10. The molecule has 0 saturated carbocycles. The Hall–Kier alpha value is -2.99. The topological polar surface area (TPSA) is 78.4 Å². The Bertz CT molecular complexity index is 747. The van der Waals surface area contributed by atoms with Gasteiger partial charge in [0.1, 0.15) is 5.82 Å². The minimum Gasteiger partial charge on any atom is -0.387 e. The summed E-state index contributed by atoms with van der Waals surface area (Å²) in [4.78, 5) is 23.3. The molecule has 3 N–H and O–H groups in total. The molecule has 2 aromatic carbocycles. The zero-order valence-corrected chi connectivity index (χ0v) is 13.5. The van der Waals surface area contributed by atoms with Crippen molar-refractivity contribution >= 4 is 17.9 Å². The molecule has 0 saturated heterocycles. The maximum atomic E-state index is 13.1. The molecule has 0 aliphatic rings. The van der Waals surface area contributed by atoms with Gasteiger partial charge in [-0.25, -0.2) is 4.39 Å². The second kappa shape index (κ2) is 9.34. The Morgan fingerprint density at radius 2 is 1.84 bits per heavy atom. The fourth-order valence-electron chi connectivity index (χ4n) is 2.07. The quantitative estimate of drug-likeness (QED) is 0.672. The van der Waals surface area contributed by atoms with Crippen molar-refractivity contribution in [1.82, 2.24) is 10.6 Å². The maximum absolute atomic E-state index is 13.1. The van der Waals surface area contributed by atoms with E-state index < -0.39 is 23.7 Å². The van der Waals surface area contributed by atoms with E-state index in [1.54, 1.807) is 12.1 Å². The van der Waals surface area contributed by atoms with Crippen LogP contribution in [0.1, 0.15) is 17.2 Å². The molecule has 1 atom stereocenters. The number of hydrogen-bond acceptors (Lipinski definition) is 3. The van der Waals surface area contributed by atoms with E-state index in [1.807, 2.05) is 30.3 Å². The molecule has 0 aliphatic heterocycles. The molecular weight excluding hydrogens is 323 g/mol. The van der Waals surface area contributed by atoms with Gasteiger partial charge in [0, 0.05) is 12.6 Å². The third-order valence-electron chi connectivity index (χ3n) is 3.38. The van der Waals surface area contributed by atoms with E-state index >= 15 is 0 Å². The summed E-state index contributed by atoms with van der Waals surface area (Å²) in [5.74, 6) is -1.30. The fourth-order valence-corrected chi connectivity index (χ4v) is 2.07. The van der Waals surface area contributed by atoms with Crippen molar-refractivity contribution in [1.29, 1.82) is 0 Å². The lowest BCUT2D eigenvalue weighted by Crippen LogP contribution is -2.38. The predicted molar refractivity (Wildman–Crippen MR) is 92.9 cm³/mol. The van der Waals surface area contributed by atoms with Gasteiger partial charge in [0.05, 0.1) is 12.6 Å². The molecule has 2 amide bonds. The van der Waals surface area contributed by atoms with Gasteiger partial charge in [-0.15, -0.1) is 0 Å². The second-order valence-electron chi connectivity index (χ2n) is 5.34. The predicted octanol–water partition coefficient (Wildman–Crippen LogP) is 1.80. The van der Waals surface area contributed by atoms with Crippen LogP contribution < -0.4 is 10.6 Å². The number of amides is 2. The summed E-state index contributed by atoms with van der Waals surface area (Å²) in [5.41, 5.74) is 1.25. The SMILES string of the molecule is O=C(/C=C/c1ccccc1)NCC(=O)NCC(O)c1cccc(F)c1. The van der Waals surface area contributed by atoms with E-state index in [2.05, 4.69) is 10.6 Å². The van der Waals surface area contributed by atoms with Crippen LogP contribution in [-0.4, -0.2) is 30.0 Å². The van der Waals surface area contributed by atoms with Crippen LogP contribution in [0.5, 0.6) is 0 Å². The molecule has 0 aliphatic carbocycles. The Morgan fingerprint density at radius 1 is 1.08 bits per heavy atom. The summed E-state index contributed by atoms with van der Waals surface area (Å²) in [6, 6.07) is 14.8. The Balaban J connectivity index is 1.71. The number of rotatable bonds is 7. The van der Waals surface area contributed by atoms with Crippen molar-refractivity contribution in [2.45, 2.75) is 6.10 Å². The zero-order chi connectivity index (χ0) is 18.1. The third-order valence-corrected chi connectivity index (χ3v) is 3.38. The first-order valence-corrected chi connectivity index (χ1v) is 7.76. The molecule has 1 unspecified atom stereocenters. The largest absolute Gasteiger partial charge is 0.387 e. The maximum Gasteiger partial charge on any atom is 0.244 e. The van der Waals surface area contributed by atoms with Crippen LogP contribution in [0.3, 0.4) is 0 Å². The number of nitrogens with one attached hydrogen (secondary N) is 2. The molecule has 5 nitrogen and oxygen atoms in total. The van der Waals surface area contributed by atoms with Crippen LogP contribution in [0.15, 0.2) is 60.7 Å². The Labute approximate surface area is 145 Å². The van der Waals surface area contributed by atoms with Gasteiger partial charge in [-0.1, -0.05) is 42.5 Å². The van der Waals surface area contributed by atoms with Crippen molar-refractivity contribution in [3.63, 3.8) is 0 Å². The standard InChI is InChI=1S/C19H19FN2O3/c20-16-8-4-7-15(11-16)17(23)12-21-19(25)13-22-18(24)10-9-14-5-2-1-3-6-14/h1-11,17,23H,12-13H2,(H,21,25)(H,22,24)/b10-9+. The van der Waals surface area contributed by atoms with Crippen LogP contribution in [-0.2, 0) is 9.59 Å². The van der Waals surface area contributed by atoms with Crippen molar-refractivity contribution in [3.8, 4) is 0 Å². The molecule has 0 spiro atoms. The first-order chi connectivity index (χ1) is 12.0. The van der Waals surface area contributed by atoms with Gasteiger partial charge in [0.15, 0.2) is 0 Å². The third kappa shape index (κ3) is 6.56. The second-order valence-corrected chi connectivity index (χ2v) is 5.34. The molecule has 2 rings (SSSR count). The molecule has 0 aromatic heterocycles. The molecule has 2 aromatic rings. The first kappa shape index (κ1) is 18.4. The van der Waals surface area contributed by atoms with Crippen molar-refractivity contribution < 1.29 is 19.1 Å². The van der Waals surface area contributed by atoms with Gasteiger partial charge in [0.25, 0.3) is 0 Å². The molecule has 0 heterocycles. The van der Waals surface area contributed by atoms with Crippen LogP contribution in [0, 0.1) is 5.82 Å². The highest BCUT2D eigenvalue weighted by Crippen LogP contribution is 2.12. The summed E-state index contributed by atoms with van der Waals surface area (Å²) < 4.78 is 13.1. The lowest BCUT2D eigenvalue weighted by molar-refractivity contribution is -0.124. The lowest BCUT2D eigenvalue weighted by atomic mass is 10.1. The number of halogens is 1. The zero-order valence-electron chi connectivity index (χ0n) is 13.5. The minimum atomic E-state index is -1.02. The first-order valence-electron chi connectivity index (χ1n) is 7.76. The number of hydrogen-bond donors (Lipinski definition) is 3. The van der Waals surface area contributed by atoms with E-state index in [9.17, 15) is 19.1 Å². The summed E-state index contributed by atoms with van der Waals surface area (Å²) in [5, 5.41) is 14.8. The summed E-state index contributed by atoms with van der Waals surface area (Å²) >= 11 is 0. The molecule has 130 valence electrons. The molecule has 0 bridgehead atoms. The molecule has 25 heavy (non-hydrogen) atoms. The monoisotopic (exact) mass is 342 g/mol. The van der Waals surface area contributed by atoms with Crippen LogP contribution >= 0.6 is 0 Å². The van der Waals surface area contributed by atoms with E-state index in [4.69, 9.17) is 0 Å². The molecule has 6 heteroatoms. The number of aliphatic hydroxyl groups excluding tert-OH is 1. The van der Waals surface area contributed by atoms with Gasteiger partial charge in [-0.3, -0.25) is 9.59 Å². The average molecular weight is 342 g/mol. The lowest BCUT2D eigenvalue weighted by Gasteiger charge is -2.12. The summed E-state index contributed by atoms with van der Waals surface area (Å²) in [7, 11) is 0. The summed E-state index contributed by atoms with van der Waals surface area (Å²) in [6.45, 7) is -0.286. The van der Waals surface area contributed by atoms with Gasteiger partial charge < -0.3 is 15.7 Å². The number of benzene rings is 2. The van der Waals surface area contributed by atoms with Crippen molar-refractivity contribution in [2.24, 2.45) is 0 Å². The van der Waals surface area contributed by atoms with Crippen molar-refractivity contribution in [3.05, 3.63) is 77.6 Å². The van der Waals surface area contributed by atoms with Crippen LogP contribution in [0.4, 0.5) is 4.39 Å². The molecule has 0 fully saturated rings. The highest BCUT2D eigenvalue weighted by molar-refractivity contribution is 5.94. The van der Waals surface area contributed by atoms with E-state index in [-0.39, 0.29) is 13.1 Å².